The second-order valence-electron chi connectivity index (χ2n) is 4.52. The van der Waals surface area contributed by atoms with E-state index in [2.05, 4.69) is 21.2 Å². The van der Waals surface area contributed by atoms with Gasteiger partial charge in [-0.1, -0.05) is 22.0 Å². The van der Waals surface area contributed by atoms with E-state index in [0.717, 1.165) is 28.6 Å². The summed E-state index contributed by atoms with van der Waals surface area (Å²) in [5.74, 6) is 0.537. The van der Waals surface area contributed by atoms with Crippen LogP contribution in [0.4, 0.5) is 0 Å². The van der Waals surface area contributed by atoms with Gasteiger partial charge >= 0.3 is 0 Å². The van der Waals surface area contributed by atoms with E-state index in [0.29, 0.717) is 6.61 Å². The van der Waals surface area contributed by atoms with Crippen molar-refractivity contribution in [3.05, 3.63) is 28.2 Å². The number of carbonyl (C=O) groups excluding carboxylic acids is 1. The van der Waals surface area contributed by atoms with E-state index in [-0.39, 0.29) is 18.0 Å². The highest BCUT2D eigenvalue weighted by molar-refractivity contribution is 9.10. The summed E-state index contributed by atoms with van der Waals surface area (Å²) in [4.78, 5) is 11.1. The van der Waals surface area contributed by atoms with E-state index in [1.165, 1.54) is 0 Å². The van der Waals surface area contributed by atoms with E-state index < -0.39 is 0 Å². The third-order valence-electron chi connectivity index (χ3n) is 3.12. The highest BCUT2D eigenvalue weighted by Gasteiger charge is 2.22. The molecule has 2 rings (SSSR count). The number of nitrogens with one attached hydrogen (secondary N) is 1. The molecule has 18 heavy (non-hydrogen) atoms. The van der Waals surface area contributed by atoms with Gasteiger partial charge in [0.15, 0.2) is 0 Å². The number of primary amides is 1. The van der Waals surface area contributed by atoms with Gasteiger partial charge in [-0.25, -0.2) is 0 Å². The summed E-state index contributed by atoms with van der Waals surface area (Å²) in [6.45, 7) is 2.49. The molecule has 2 atom stereocenters. The summed E-state index contributed by atoms with van der Waals surface area (Å²) in [7, 11) is 0. The lowest BCUT2D eigenvalue weighted by Crippen LogP contribution is -2.40. The van der Waals surface area contributed by atoms with Crippen LogP contribution in [-0.2, 0) is 4.79 Å². The lowest BCUT2D eigenvalue weighted by atomic mass is 10.0. The first kappa shape index (κ1) is 13.4. The van der Waals surface area contributed by atoms with Gasteiger partial charge in [0.2, 0.25) is 5.91 Å². The molecule has 0 spiro atoms. The third-order valence-corrected chi connectivity index (χ3v) is 3.62. The van der Waals surface area contributed by atoms with Crippen LogP contribution in [0.1, 0.15) is 31.4 Å². The fourth-order valence-corrected chi connectivity index (χ4v) is 2.44. The molecule has 3 N–H and O–H groups in total. The fourth-order valence-electron chi connectivity index (χ4n) is 2.10. The summed E-state index contributed by atoms with van der Waals surface area (Å²) >= 11 is 3.44. The second-order valence-corrected chi connectivity index (χ2v) is 5.43. The molecule has 1 aliphatic heterocycles. The summed E-state index contributed by atoms with van der Waals surface area (Å²) < 4.78 is 6.71. The minimum atomic E-state index is -0.343. The predicted molar refractivity (Wildman–Crippen MR) is 73.4 cm³/mol. The Hall–Kier alpha value is -1.07. The van der Waals surface area contributed by atoms with Gasteiger partial charge in [0, 0.05) is 16.1 Å². The number of halogens is 1. The normalized spacial score (nSPS) is 20.4. The fraction of sp³-hybridized carbons (Fsp3) is 0.462. The number of hydrogen-bond donors (Lipinski definition) is 2. The van der Waals surface area contributed by atoms with Crippen molar-refractivity contribution in [3.63, 3.8) is 0 Å². The molecule has 0 fully saturated rings. The molecule has 0 radical (unpaired) electrons. The van der Waals surface area contributed by atoms with Crippen LogP contribution in [0.15, 0.2) is 22.7 Å². The van der Waals surface area contributed by atoms with Crippen molar-refractivity contribution in [2.75, 3.05) is 6.61 Å². The van der Waals surface area contributed by atoms with Gasteiger partial charge in [-0.15, -0.1) is 0 Å². The van der Waals surface area contributed by atoms with Crippen LogP contribution < -0.4 is 15.8 Å². The lowest BCUT2D eigenvalue weighted by molar-refractivity contribution is -0.119. The van der Waals surface area contributed by atoms with Crippen molar-refractivity contribution in [3.8, 4) is 5.75 Å². The molecule has 5 heteroatoms. The number of nitrogens with two attached hydrogens (primary N) is 1. The van der Waals surface area contributed by atoms with E-state index in [9.17, 15) is 4.79 Å². The Morgan fingerprint density at radius 1 is 1.61 bits per heavy atom. The Morgan fingerprint density at radius 3 is 3.11 bits per heavy atom. The zero-order valence-electron chi connectivity index (χ0n) is 10.3. The highest BCUT2D eigenvalue weighted by atomic mass is 79.9. The summed E-state index contributed by atoms with van der Waals surface area (Å²) in [6.07, 6.45) is 1.89. The Bertz CT molecular complexity index is 451. The number of hydrogen-bond acceptors (Lipinski definition) is 3. The molecule has 1 aliphatic rings. The molecular weight excluding hydrogens is 296 g/mol. The van der Waals surface area contributed by atoms with Crippen molar-refractivity contribution in [1.82, 2.24) is 5.32 Å². The van der Waals surface area contributed by atoms with Crippen molar-refractivity contribution >= 4 is 21.8 Å². The molecule has 2 unspecified atom stereocenters. The van der Waals surface area contributed by atoms with Gasteiger partial charge in [-0.3, -0.25) is 10.1 Å². The predicted octanol–water partition coefficient (Wildman–Crippen LogP) is 2.13. The second kappa shape index (κ2) is 5.71. The van der Waals surface area contributed by atoms with Gasteiger partial charge in [0.1, 0.15) is 5.75 Å². The van der Waals surface area contributed by atoms with Crippen LogP contribution in [0.5, 0.6) is 5.75 Å². The first-order chi connectivity index (χ1) is 8.58. The molecule has 4 nitrogen and oxygen atoms in total. The van der Waals surface area contributed by atoms with Gasteiger partial charge < -0.3 is 10.5 Å². The standard InChI is InChI=1S/C13H17BrN2O2/c1-8(13(15)17)16-11-3-2-6-18-12-7-9(14)4-5-10(11)12/h4-5,7-8,11,16H,2-3,6H2,1H3,(H2,15,17). The molecule has 0 aromatic heterocycles. The molecule has 0 aliphatic carbocycles. The zero-order chi connectivity index (χ0) is 13.1. The van der Waals surface area contributed by atoms with Crippen molar-refractivity contribution < 1.29 is 9.53 Å². The van der Waals surface area contributed by atoms with Crippen LogP contribution in [0.2, 0.25) is 0 Å². The first-order valence-electron chi connectivity index (χ1n) is 6.05. The quantitative estimate of drug-likeness (QED) is 0.898. The van der Waals surface area contributed by atoms with Crippen LogP contribution in [-0.4, -0.2) is 18.6 Å². The topological polar surface area (TPSA) is 64.3 Å². The average molecular weight is 313 g/mol. The van der Waals surface area contributed by atoms with Gasteiger partial charge in [-0.2, -0.15) is 0 Å². The number of ether oxygens (including phenoxy) is 1. The lowest BCUT2D eigenvalue weighted by Gasteiger charge is -2.21. The van der Waals surface area contributed by atoms with Crippen LogP contribution in [0, 0.1) is 0 Å². The molecule has 0 saturated heterocycles. The Morgan fingerprint density at radius 2 is 2.39 bits per heavy atom. The smallest absolute Gasteiger partial charge is 0.234 e. The van der Waals surface area contributed by atoms with E-state index in [1.54, 1.807) is 6.92 Å². The Kier molecular flexibility index (Phi) is 4.24. The summed E-state index contributed by atoms with van der Waals surface area (Å²) in [5, 5.41) is 3.26. The third kappa shape index (κ3) is 3.03. The average Bonchev–Trinajstić information content (AvgIpc) is 2.51. The number of rotatable bonds is 3. The number of fused-ring (bicyclic) bond motifs is 1. The molecule has 1 aromatic carbocycles. The number of carbonyl (C=O) groups is 1. The van der Waals surface area contributed by atoms with Gasteiger partial charge in [0.05, 0.1) is 12.6 Å². The minimum absolute atomic E-state index is 0.109. The Balaban J connectivity index is 2.24. The Labute approximate surface area is 115 Å². The van der Waals surface area contributed by atoms with Crippen molar-refractivity contribution in [2.24, 2.45) is 5.73 Å². The maximum atomic E-state index is 11.1. The maximum Gasteiger partial charge on any atom is 0.234 e. The minimum Gasteiger partial charge on any atom is -0.493 e. The van der Waals surface area contributed by atoms with Crippen molar-refractivity contribution in [1.29, 1.82) is 0 Å². The molecular formula is C13H17BrN2O2. The van der Waals surface area contributed by atoms with E-state index >= 15 is 0 Å². The van der Waals surface area contributed by atoms with Crippen LogP contribution in [0.3, 0.4) is 0 Å². The molecule has 0 bridgehead atoms. The van der Waals surface area contributed by atoms with Gasteiger partial charge in [-0.05, 0) is 31.9 Å². The van der Waals surface area contributed by atoms with E-state index in [4.69, 9.17) is 10.5 Å². The van der Waals surface area contributed by atoms with Crippen molar-refractivity contribution in [2.45, 2.75) is 31.8 Å². The molecule has 0 saturated carbocycles. The molecule has 98 valence electrons. The largest absolute Gasteiger partial charge is 0.493 e. The SMILES string of the molecule is CC(NC1CCCOc2cc(Br)ccc21)C(N)=O. The first-order valence-corrected chi connectivity index (χ1v) is 6.85. The summed E-state index contributed by atoms with van der Waals surface area (Å²) in [5.41, 5.74) is 6.38. The molecule has 1 aromatic rings. The van der Waals surface area contributed by atoms with Crippen LogP contribution >= 0.6 is 15.9 Å². The molecule has 1 amide bonds. The number of amides is 1. The molecule has 1 heterocycles. The highest BCUT2D eigenvalue weighted by Crippen LogP contribution is 2.33. The number of benzene rings is 1. The monoisotopic (exact) mass is 312 g/mol. The maximum absolute atomic E-state index is 11.1. The van der Waals surface area contributed by atoms with Crippen LogP contribution in [0.25, 0.3) is 0 Å². The zero-order valence-corrected chi connectivity index (χ0v) is 11.9. The van der Waals surface area contributed by atoms with Gasteiger partial charge in [0.25, 0.3) is 0 Å². The summed E-state index contributed by atoms with van der Waals surface area (Å²) in [6, 6.07) is 5.74. The van der Waals surface area contributed by atoms with E-state index in [1.807, 2.05) is 18.2 Å².